The third-order valence-electron chi connectivity index (χ3n) is 3.98. The van der Waals surface area contributed by atoms with Crippen molar-refractivity contribution in [1.29, 1.82) is 0 Å². The fourth-order valence-corrected chi connectivity index (χ4v) is 2.67. The number of benzene rings is 2. The minimum Gasteiger partial charge on any atom is -0.494 e. The molecule has 0 amide bonds. The summed E-state index contributed by atoms with van der Waals surface area (Å²) in [4.78, 5) is 0. The van der Waals surface area contributed by atoms with Gasteiger partial charge in [-0.15, -0.1) is 0 Å². The van der Waals surface area contributed by atoms with Crippen molar-refractivity contribution in [2.75, 3.05) is 19.7 Å². The third kappa shape index (κ3) is 5.34. The fourth-order valence-electron chi connectivity index (χ4n) is 2.67. The van der Waals surface area contributed by atoms with E-state index in [1.54, 1.807) is 0 Å². The smallest absolute Gasteiger partial charge is 0.134 e. The van der Waals surface area contributed by atoms with Gasteiger partial charge in [0.15, 0.2) is 0 Å². The molecule has 3 rings (SSSR count). The van der Waals surface area contributed by atoms with Gasteiger partial charge in [-0.25, -0.2) is 0 Å². The summed E-state index contributed by atoms with van der Waals surface area (Å²) in [6, 6.07) is 18.5. The number of ether oxygens (including phenoxy) is 1. The van der Waals surface area contributed by atoms with Crippen molar-refractivity contribution in [3.05, 3.63) is 65.9 Å². The molecule has 0 saturated heterocycles. The molecule has 1 aromatic heterocycles. The van der Waals surface area contributed by atoms with Crippen molar-refractivity contribution < 1.29 is 9.15 Å². The van der Waals surface area contributed by atoms with Gasteiger partial charge in [-0.3, -0.25) is 0 Å². The molecule has 2 N–H and O–H groups in total. The summed E-state index contributed by atoms with van der Waals surface area (Å²) in [6.07, 6.45) is 1.03. The molecule has 4 nitrogen and oxygen atoms in total. The Balaban J connectivity index is 1.32. The van der Waals surface area contributed by atoms with Crippen LogP contribution in [0.3, 0.4) is 0 Å². The van der Waals surface area contributed by atoms with E-state index in [2.05, 4.69) is 41.8 Å². The fraction of sp³-hybridized carbons (Fsp3) is 0.333. The first-order chi connectivity index (χ1) is 12.3. The van der Waals surface area contributed by atoms with Crippen molar-refractivity contribution >= 4 is 11.0 Å². The molecule has 0 unspecified atom stereocenters. The minimum atomic E-state index is 0.750. The molecule has 0 spiro atoms. The lowest BCUT2D eigenvalue weighted by Gasteiger charge is -2.08. The number of rotatable bonds is 10. The van der Waals surface area contributed by atoms with E-state index in [-0.39, 0.29) is 0 Å². The Hall–Kier alpha value is -2.30. The first-order valence-electron chi connectivity index (χ1n) is 8.96. The van der Waals surface area contributed by atoms with Gasteiger partial charge >= 0.3 is 0 Å². The van der Waals surface area contributed by atoms with Crippen LogP contribution in [0.2, 0.25) is 0 Å². The van der Waals surface area contributed by atoms with Gasteiger partial charge in [-0.05, 0) is 36.2 Å². The lowest BCUT2D eigenvalue weighted by molar-refractivity contribution is 0.317. The summed E-state index contributed by atoms with van der Waals surface area (Å²) in [7, 11) is 0. The van der Waals surface area contributed by atoms with Crippen molar-refractivity contribution in [2.24, 2.45) is 0 Å². The van der Waals surface area contributed by atoms with Gasteiger partial charge in [-0.1, -0.05) is 37.3 Å². The summed E-state index contributed by atoms with van der Waals surface area (Å²) in [5.74, 6) is 1.92. The molecule has 0 aliphatic rings. The summed E-state index contributed by atoms with van der Waals surface area (Å²) in [6.45, 7) is 6.30. The van der Waals surface area contributed by atoms with Gasteiger partial charge in [0.05, 0.1) is 13.2 Å². The molecule has 0 bridgehead atoms. The van der Waals surface area contributed by atoms with Gasteiger partial charge in [0.1, 0.15) is 17.1 Å². The molecule has 4 heteroatoms. The van der Waals surface area contributed by atoms with E-state index >= 15 is 0 Å². The maximum absolute atomic E-state index is 5.79. The predicted molar refractivity (Wildman–Crippen MR) is 102 cm³/mol. The van der Waals surface area contributed by atoms with E-state index in [0.29, 0.717) is 0 Å². The Labute approximate surface area is 149 Å². The molecule has 2 aromatic carbocycles. The number of furan rings is 1. The maximum atomic E-state index is 5.79. The zero-order valence-corrected chi connectivity index (χ0v) is 14.8. The molecule has 1 heterocycles. The number of hydrogen-bond donors (Lipinski definition) is 2. The van der Waals surface area contributed by atoms with Gasteiger partial charge in [-0.2, -0.15) is 0 Å². The summed E-state index contributed by atoms with van der Waals surface area (Å²) >= 11 is 0. The monoisotopic (exact) mass is 338 g/mol. The van der Waals surface area contributed by atoms with Gasteiger partial charge in [0.2, 0.25) is 0 Å². The quantitative estimate of drug-likeness (QED) is 0.546. The van der Waals surface area contributed by atoms with E-state index in [1.807, 2.05) is 30.3 Å². The molecule has 0 saturated carbocycles. The first-order valence-corrected chi connectivity index (χ1v) is 8.96. The second-order valence-electron chi connectivity index (χ2n) is 6.10. The molecule has 0 fully saturated rings. The topological polar surface area (TPSA) is 46.4 Å². The van der Waals surface area contributed by atoms with Crippen LogP contribution in [0.5, 0.6) is 5.75 Å². The van der Waals surface area contributed by atoms with Crippen molar-refractivity contribution in [3.63, 3.8) is 0 Å². The standard InChI is InChI=1S/C21H26N2O2/c1-2-13-24-19-9-7-17(8-10-19)15-22-11-12-23-16-20-14-18-5-3-4-6-21(18)25-20/h3-10,14,22-23H,2,11-13,15-16H2,1H3. The Morgan fingerprint density at radius 3 is 2.44 bits per heavy atom. The van der Waals surface area contributed by atoms with Crippen LogP contribution in [-0.4, -0.2) is 19.7 Å². The average Bonchev–Trinajstić information content (AvgIpc) is 3.06. The zero-order chi connectivity index (χ0) is 17.3. The summed E-state index contributed by atoms with van der Waals surface area (Å²) < 4.78 is 11.4. The molecular formula is C21H26N2O2. The van der Waals surface area contributed by atoms with E-state index in [1.165, 1.54) is 5.56 Å². The Kier molecular flexibility index (Phi) is 6.48. The summed E-state index contributed by atoms with van der Waals surface area (Å²) in [5.41, 5.74) is 2.21. The van der Waals surface area contributed by atoms with Gasteiger partial charge in [0, 0.05) is 25.0 Å². The number of nitrogens with one attached hydrogen (secondary N) is 2. The van der Waals surface area contributed by atoms with Crippen LogP contribution in [-0.2, 0) is 13.1 Å². The van der Waals surface area contributed by atoms with Crippen molar-refractivity contribution in [1.82, 2.24) is 10.6 Å². The molecule has 132 valence electrons. The van der Waals surface area contributed by atoms with E-state index < -0.39 is 0 Å². The highest BCUT2D eigenvalue weighted by molar-refractivity contribution is 5.77. The van der Waals surface area contributed by atoms with Crippen molar-refractivity contribution in [2.45, 2.75) is 26.4 Å². The van der Waals surface area contributed by atoms with Crippen LogP contribution >= 0.6 is 0 Å². The number of para-hydroxylation sites is 1. The highest BCUT2D eigenvalue weighted by Crippen LogP contribution is 2.18. The molecular weight excluding hydrogens is 312 g/mol. The van der Waals surface area contributed by atoms with Crippen LogP contribution in [0.1, 0.15) is 24.7 Å². The highest BCUT2D eigenvalue weighted by Gasteiger charge is 2.02. The Morgan fingerprint density at radius 1 is 0.920 bits per heavy atom. The number of fused-ring (bicyclic) bond motifs is 1. The lowest BCUT2D eigenvalue weighted by Crippen LogP contribution is -2.26. The minimum absolute atomic E-state index is 0.750. The second-order valence-corrected chi connectivity index (χ2v) is 6.10. The molecule has 25 heavy (non-hydrogen) atoms. The van der Waals surface area contributed by atoms with Gasteiger partial charge in [0.25, 0.3) is 0 Å². The SMILES string of the molecule is CCCOc1ccc(CNCCNCc2cc3ccccc3o2)cc1. The van der Waals surface area contributed by atoms with Crippen LogP contribution in [0, 0.1) is 0 Å². The Bertz CT molecular complexity index is 732. The van der Waals surface area contributed by atoms with Gasteiger partial charge < -0.3 is 19.8 Å². The zero-order valence-electron chi connectivity index (χ0n) is 14.8. The average molecular weight is 338 g/mol. The van der Waals surface area contributed by atoms with E-state index in [9.17, 15) is 0 Å². The van der Waals surface area contributed by atoms with E-state index in [0.717, 1.165) is 61.7 Å². The molecule has 3 aromatic rings. The second kappa shape index (κ2) is 9.25. The Morgan fingerprint density at radius 2 is 1.68 bits per heavy atom. The molecule has 0 radical (unpaired) electrons. The van der Waals surface area contributed by atoms with Crippen LogP contribution in [0.25, 0.3) is 11.0 Å². The highest BCUT2D eigenvalue weighted by atomic mass is 16.5. The van der Waals surface area contributed by atoms with E-state index in [4.69, 9.17) is 9.15 Å². The third-order valence-corrected chi connectivity index (χ3v) is 3.98. The van der Waals surface area contributed by atoms with Crippen molar-refractivity contribution in [3.8, 4) is 5.75 Å². The van der Waals surface area contributed by atoms with Crippen LogP contribution in [0.4, 0.5) is 0 Å². The molecule has 0 atom stereocenters. The first kappa shape index (κ1) is 17.5. The number of hydrogen-bond acceptors (Lipinski definition) is 4. The predicted octanol–water partition coefficient (Wildman–Crippen LogP) is 4.10. The summed E-state index contributed by atoms with van der Waals surface area (Å²) in [5, 5.41) is 8.00. The normalized spacial score (nSPS) is 11.1. The maximum Gasteiger partial charge on any atom is 0.134 e. The van der Waals surface area contributed by atoms with Crippen LogP contribution < -0.4 is 15.4 Å². The molecule has 0 aliphatic heterocycles. The lowest BCUT2D eigenvalue weighted by atomic mass is 10.2. The van der Waals surface area contributed by atoms with Crippen LogP contribution in [0.15, 0.2) is 59.0 Å². The largest absolute Gasteiger partial charge is 0.494 e. The molecule has 0 aliphatic carbocycles.